The molecule has 0 saturated heterocycles. The third-order valence-electron chi connectivity index (χ3n) is 3.85. The van der Waals surface area contributed by atoms with Gasteiger partial charge in [0.15, 0.2) is 0 Å². The summed E-state index contributed by atoms with van der Waals surface area (Å²) in [6.45, 7) is 10.1. The van der Waals surface area contributed by atoms with Crippen LogP contribution in [0.1, 0.15) is 57.7 Å². The molecule has 0 fully saturated rings. The molecule has 1 aliphatic rings. The number of esters is 1. The highest BCUT2D eigenvalue weighted by molar-refractivity contribution is 5.92. The largest absolute Gasteiger partial charge is 0.463 e. The summed E-state index contributed by atoms with van der Waals surface area (Å²) in [4.78, 5) is 29.7. The lowest BCUT2D eigenvalue weighted by molar-refractivity contribution is -0.171. The molecule has 1 aromatic carbocycles. The Balaban J connectivity index is 2.25. The molecule has 1 aliphatic heterocycles. The van der Waals surface area contributed by atoms with E-state index in [-0.39, 0.29) is 12.6 Å². The van der Waals surface area contributed by atoms with Crippen LogP contribution in [-0.4, -0.2) is 29.3 Å². The van der Waals surface area contributed by atoms with Gasteiger partial charge < -0.3 is 9.47 Å². The predicted octanol–water partition coefficient (Wildman–Crippen LogP) is 4.23. The summed E-state index contributed by atoms with van der Waals surface area (Å²) < 4.78 is 10.4. The van der Waals surface area contributed by atoms with E-state index in [0.29, 0.717) is 19.6 Å². The Hall–Kier alpha value is -2.34. The maximum Gasteiger partial charge on any atom is 0.434 e. The molecule has 0 aliphatic carbocycles. The molecular weight excluding hydrogens is 334 g/mol. The minimum absolute atomic E-state index is 0.241. The van der Waals surface area contributed by atoms with Crippen molar-refractivity contribution in [2.24, 2.45) is 0 Å². The second kappa shape index (κ2) is 8.36. The van der Waals surface area contributed by atoms with Gasteiger partial charge in [0.25, 0.3) is 0 Å². The Morgan fingerprint density at radius 1 is 1.27 bits per heavy atom. The van der Waals surface area contributed by atoms with E-state index in [1.807, 2.05) is 45.9 Å². The van der Waals surface area contributed by atoms with Gasteiger partial charge in [0, 0.05) is 6.08 Å². The first-order valence-corrected chi connectivity index (χ1v) is 8.87. The second-order valence-corrected chi connectivity index (χ2v) is 7.01. The third kappa shape index (κ3) is 5.08. The number of nitrogens with zero attached hydrogens (tertiary/aromatic N) is 1. The van der Waals surface area contributed by atoms with Gasteiger partial charge in [0.05, 0.1) is 13.2 Å². The van der Waals surface area contributed by atoms with Crippen molar-refractivity contribution in [2.75, 3.05) is 6.61 Å². The first-order chi connectivity index (χ1) is 12.2. The van der Waals surface area contributed by atoms with E-state index in [0.717, 1.165) is 22.3 Å². The first kappa shape index (κ1) is 20.0. The number of allylic oxidation sites excluding steroid dienone is 1. The molecule has 2 rings (SSSR count). The fraction of sp³-hybridized carbons (Fsp3) is 0.500. The summed E-state index contributed by atoms with van der Waals surface area (Å²) in [6, 6.07) is 5.83. The zero-order valence-electron chi connectivity index (χ0n) is 16.1. The quantitative estimate of drug-likeness (QED) is 0.593. The van der Waals surface area contributed by atoms with E-state index >= 15 is 0 Å². The lowest BCUT2D eigenvalue weighted by Gasteiger charge is -2.31. The first-order valence-electron chi connectivity index (χ1n) is 8.87. The monoisotopic (exact) mass is 361 g/mol. The van der Waals surface area contributed by atoms with Crippen LogP contribution in [0.3, 0.4) is 0 Å². The molecular formula is C20H27NO5. The molecule has 0 bridgehead atoms. The Morgan fingerprint density at radius 3 is 2.62 bits per heavy atom. The smallest absolute Gasteiger partial charge is 0.434 e. The number of carbonyl (C=O) groups is 2. The zero-order valence-corrected chi connectivity index (χ0v) is 16.1. The van der Waals surface area contributed by atoms with Gasteiger partial charge in [-0.3, -0.25) is 4.84 Å². The topological polar surface area (TPSA) is 65.1 Å². The van der Waals surface area contributed by atoms with Crippen molar-refractivity contribution in [3.05, 3.63) is 41.0 Å². The van der Waals surface area contributed by atoms with Crippen molar-refractivity contribution in [2.45, 2.75) is 59.8 Å². The van der Waals surface area contributed by atoms with Gasteiger partial charge in [0.1, 0.15) is 12.2 Å². The molecule has 0 aromatic heterocycles. The lowest BCUT2D eigenvalue weighted by Crippen LogP contribution is -2.38. The number of amides is 1. The van der Waals surface area contributed by atoms with Crippen LogP contribution in [0.5, 0.6) is 0 Å². The van der Waals surface area contributed by atoms with Crippen LogP contribution < -0.4 is 0 Å². The molecule has 0 unspecified atom stereocenters. The molecule has 1 amide bonds. The molecule has 6 heteroatoms. The number of hydroxylamine groups is 2. The SMILES string of the molecule is CCOC(=O)/C=C(\CC)c1cccc2c1CON(C(=O)OC(C)(C)C)C2. The standard InChI is InChI=1S/C20H27NO5/c1-6-14(11-18(22)24-7-2)16-10-8-9-15-12-21(25-13-17(15)16)19(23)26-20(3,4)5/h8-11H,6-7,12-13H2,1-5H3/b14-11+. The van der Waals surface area contributed by atoms with Gasteiger partial charge in [-0.15, -0.1) is 0 Å². The summed E-state index contributed by atoms with van der Waals surface area (Å²) in [5.74, 6) is -0.353. The maximum absolute atomic E-state index is 12.2. The van der Waals surface area contributed by atoms with Gasteiger partial charge in [-0.1, -0.05) is 25.1 Å². The van der Waals surface area contributed by atoms with Crippen molar-refractivity contribution in [3.63, 3.8) is 0 Å². The summed E-state index contributed by atoms with van der Waals surface area (Å²) in [7, 11) is 0. The zero-order chi connectivity index (χ0) is 19.3. The van der Waals surface area contributed by atoms with E-state index in [2.05, 4.69) is 0 Å². The number of hydrogen-bond donors (Lipinski definition) is 0. The van der Waals surface area contributed by atoms with Crippen molar-refractivity contribution in [3.8, 4) is 0 Å². The van der Waals surface area contributed by atoms with Gasteiger partial charge in [-0.2, -0.15) is 5.06 Å². The Morgan fingerprint density at radius 2 is 2.00 bits per heavy atom. The molecule has 1 heterocycles. The van der Waals surface area contributed by atoms with Crippen LogP contribution in [0.25, 0.3) is 5.57 Å². The summed E-state index contributed by atoms with van der Waals surface area (Å²) in [5.41, 5.74) is 3.20. The molecule has 26 heavy (non-hydrogen) atoms. The molecule has 0 atom stereocenters. The normalized spacial score (nSPS) is 14.7. The molecule has 6 nitrogen and oxygen atoms in total. The minimum atomic E-state index is -0.583. The van der Waals surface area contributed by atoms with Crippen molar-refractivity contribution < 1.29 is 23.9 Å². The summed E-state index contributed by atoms with van der Waals surface area (Å²) in [5, 5.41) is 1.23. The van der Waals surface area contributed by atoms with Gasteiger partial charge in [-0.25, -0.2) is 9.59 Å². The Kier molecular flexibility index (Phi) is 6.42. The Labute approximate surface area is 154 Å². The van der Waals surface area contributed by atoms with E-state index < -0.39 is 11.7 Å². The molecule has 1 aromatic rings. The van der Waals surface area contributed by atoms with Crippen molar-refractivity contribution >= 4 is 17.6 Å². The molecule has 0 saturated carbocycles. The average Bonchev–Trinajstić information content (AvgIpc) is 2.57. The average molecular weight is 361 g/mol. The third-order valence-corrected chi connectivity index (χ3v) is 3.85. The van der Waals surface area contributed by atoms with Crippen LogP contribution in [0, 0.1) is 0 Å². The van der Waals surface area contributed by atoms with Crippen LogP contribution in [-0.2, 0) is 32.3 Å². The van der Waals surface area contributed by atoms with Gasteiger partial charge in [0.2, 0.25) is 0 Å². The second-order valence-electron chi connectivity index (χ2n) is 7.01. The number of carbonyl (C=O) groups excluding carboxylic acids is 2. The van der Waals surface area contributed by atoms with Gasteiger partial charge in [-0.05, 0) is 56.4 Å². The predicted molar refractivity (Wildman–Crippen MR) is 97.9 cm³/mol. The number of rotatable bonds is 4. The van der Waals surface area contributed by atoms with E-state index in [1.54, 1.807) is 6.92 Å². The summed E-state index contributed by atoms with van der Waals surface area (Å²) in [6.07, 6.45) is 1.70. The fourth-order valence-corrected chi connectivity index (χ4v) is 2.72. The number of benzene rings is 1. The number of ether oxygens (including phenoxy) is 2. The van der Waals surface area contributed by atoms with E-state index in [4.69, 9.17) is 14.3 Å². The molecule has 0 radical (unpaired) electrons. The molecule has 0 N–H and O–H groups in total. The highest BCUT2D eigenvalue weighted by Crippen LogP contribution is 2.30. The van der Waals surface area contributed by atoms with E-state index in [9.17, 15) is 9.59 Å². The molecule has 0 spiro atoms. The number of fused-ring (bicyclic) bond motifs is 1. The highest BCUT2D eigenvalue weighted by atomic mass is 16.7. The van der Waals surface area contributed by atoms with Crippen molar-refractivity contribution in [1.29, 1.82) is 0 Å². The van der Waals surface area contributed by atoms with Crippen LogP contribution in [0.15, 0.2) is 24.3 Å². The lowest BCUT2D eigenvalue weighted by atomic mass is 9.93. The highest BCUT2D eigenvalue weighted by Gasteiger charge is 2.28. The maximum atomic E-state index is 12.2. The molecule has 142 valence electrons. The summed E-state index contributed by atoms with van der Waals surface area (Å²) >= 11 is 0. The number of hydrogen-bond acceptors (Lipinski definition) is 5. The Bertz CT molecular complexity index is 703. The van der Waals surface area contributed by atoms with Crippen LogP contribution >= 0.6 is 0 Å². The van der Waals surface area contributed by atoms with Crippen molar-refractivity contribution in [1.82, 2.24) is 5.06 Å². The van der Waals surface area contributed by atoms with Crippen LogP contribution in [0.4, 0.5) is 4.79 Å². The fourth-order valence-electron chi connectivity index (χ4n) is 2.72. The van der Waals surface area contributed by atoms with E-state index in [1.165, 1.54) is 11.1 Å². The van der Waals surface area contributed by atoms with Gasteiger partial charge >= 0.3 is 12.1 Å². The minimum Gasteiger partial charge on any atom is -0.463 e. The van der Waals surface area contributed by atoms with Crippen LogP contribution in [0.2, 0.25) is 0 Å².